The van der Waals surface area contributed by atoms with Crippen molar-refractivity contribution >= 4 is 28.3 Å². The second kappa shape index (κ2) is 9.11. The summed E-state index contributed by atoms with van der Waals surface area (Å²) in [6.45, 7) is 1.12. The summed E-state index contributed by atoms with van der Waals surface area (Å²) in [5, 5.41) is 6.08. The number of benzene rings is 1. The summed E-state index contributed by atoms with van der Waals surface area (Å²) in [4.78, 5) is 32.2. The van der Waals surface area contributed by atoms with E-state index in [1.165, 1.54) is 23.5 Å². The maximum absolute atomic E-state index is 13.5. The highest BCUT2D eigenvalue weighted by molar-refractivity contribution is 7.15. The summed E-state index contributed by atoms with van der Waals surface area (Å²) in [7, 11) is 1.90. The van der Waals surface area contributed by atoms with Crippen molar-refractivity contribution in [2.45, 2.75) is 37.9 Å². The van der Waals surface area contributed by atoms with Crippen molar-refractivity contribution in [3.63, 3.8) is 0 Å². The number of nitrogen functional groups attached to an aromatic ring is 1. The summed E-state index contributed by atoms with van der Waals surface area (Å²) >= 11 is 1.29. The number of anilines is 1. The van der Waals surface area contributed by atoms with Crippen molar-refractivity contribution in [3.8, 4) is 0 Å². The van der Waals surface area contributed by atoms with Crippen molar-refractivity contribution in [3.05, 3.63) is 46.7 Å². The van der Waals surface area contributed by atoms with E-state index in [1.54, 1.807) is 18.3 Å². The van der Waals surface area contributed by atoms with Crippen LogP contribution in [0.1, 0.15) is 23.3 Å². The number of nitrogens with one attached hydrogen (secondary N) is 2. The van der Waals surface area contributed by atoms with E-state index in [9.17, 15) is 14.0 Å². The highest BCUT2D eigenvalue weighted by Gasteiger charge is 2.31. The van der Waals surface area contributed by atoms with E-state index in [0.29, 0.717) is 10.7 Å². The highest BCUT2D eigenvalue weighted by Crippen LogP contribution is 2.16. The van der Waals surface area contributed by atoms with Gasteiger partial charge in [0.2, 0.25) is 11.8 Å². The number of halogens is 1. The Kier molecular flexibility index (Phi) is 6.58. The van der Waals surface area contributed by atoms with Gasteiger partial charge in [-0.2, -0.15) is 0 Å². The molecule has 1 aliphatic rings. The lowest BCUT2D eigenvalue weighted by Gasteiger charge is -2.23. The van der Waals surface area contributed by atoms with Crippen LogP contribution in [0.15, 0.2) is 30.5 Å². The van der Waals surface area contributed by atoms with Crippen LogP contribution in [0.25, 0.3) is 0 Å². The van der Waals surface area contributed by atoms with Crippen LogP contribution in [0.3, 0.4) is 0 Å². The molecule has 9 heteroatoms. The number of carbonyl (C=O) groups excluding carboxylic acids is 2. The van der Waals surface area contributed by atoms with Crippen molar-refractivity contribution in [1.29, 1.82) is 0 Å². The third-order valence-corrected chi connectivity index (χ3v) is 5.62. The number of amides is 2. The number of likely N-dealkylation sites (N-methyl/N-ethyl adjacent to an activating group) is 1. The number of nitrogens with two attached hydrogens (primary N) is 1. The van der Waals surface area contributed by atoms with Crippen LogP contribution in [0.4, 0.5) is 9.52 Å². The molecule has 28 heavy (non-hydrogen) atoms. The molecule has 0 radical (unpaired) electrons. The molecule has 1 aliphatic heterocycles. The van der Waals surface area contributed by atoms with Crippen LogP contribution < -0.4 is 16.4 Å². The maximum atomic E-state index is 13.5. The van der Waals surface area contributed by atoms with E-state index in [4.69, 9.17) is 5.73 Å². The highest BCUT2D eigenvalue weighted by atomic mass is 32.1. The minimum Gasteiger partial charge on any atom is -0.375 e. The molecule has 3 rings (SSSR count). The summed E-state index contributed by atoms with van der Waals surface area (Å²) in [5.74, 6) is -0.887. The molecule has 4 N–H and O–H groups in total. The van der Waals surface area contributed by atoms with E-state index in [1.807, 2.05) is 11.9 Å². The van der Waals surface area contributed by atoms with E-state index < -0.39 is 6.04 Å². The Morgan fingerprint density at radius 2 is 2.29 bits per heavy atom. The second-order valence-corrected chi connectivity index (χ2v) is 8.06. The van der Waals surface area contributed by atoms with Gasteiger partial charge in [-0.1, -0.05) is 12.1 Å². The number of hydrogen-bond donors (Lipinski definition) is 3. The first kappa shape index (κ1) is 20.2. The molecule has 0 spiro atoms. The largest absolute Gasteiger partial charge is 0.375 e. The normalized spacial score (nSPS) is 18.0. The molecule has 2 atom stereocenters. The fourth-order valence-corrected chi connectivity index (χ4v) is 3.94. The lowest BCUT2D eigenvalue weighted by atomic mass is 10.0. The van der Waals surface area contributed by atoms with E-state index >= 15 is 0 Å². The summed E-state index contributed by atoms with van der Waals surface area (Å²) in [6.07, 6.45) is 3.52. The fraction of sp³-hybridized carbons (Fsp3) is 0.421. The third kappa shape index (κ3) is 5.26. The zero-order valence-corrected chi connectivity index (χ0v) is 16.5. The first-order chi connectivity index (χ1) is 13.4. The molecule has 0 aliphatic carbocycles. The maximum Gasteiger partial charge on any atom is 0.243 e. The molecule has 0 saturated carbocycles. The first-order valence-corrected chi connectivity index (χ1v) is 9.97. The number of hydrogen-bond acceptors (Lipinski definition) is 6. The van der Waals surface area contributed by atoms with Crippen LogP contribution in [-0.2, 0) is 22.6 Å². The Hall–Kier alpha value is -2.52. The molecule has 1 fully saturated rings. The molecule has 1 saturated heterocycles. The molecule has 2 aromatic rings. The van der Waals surface area contributed by atoms with Crippen molar-refractivity contribution in [1.82, 2.24) is 20.5 Å². The van der Waals surface area contributed by atoms with Gasteiger partial charge in [-0.05, 0) is 44.1 Å². The van der Waals surface area contributed by atoms with Gasteiger partial charge in [0.15, 0.2) is 5.13 Å². The lowest BCUT2D eigenvalue weighted by Crippen LogP contribution is -2.52. The van der Waals surface area contributed by atoms with Gasteiger partial charge < -0.3 is 16.4 Å². The summed E-state index contributed by atoms with van der Waals surface area (Å²) < 4.78 is 13.5. The predicted molar refractivity (Wildman–Crippen MR) is 106 cm³/mol. The summed E-state index contributed by atoms with van der Waals surface area (Å²) in [5.41, 5.74) is 6.25. The Morgan fingerprint density at radius 3 is 2.93 bits per heavy atom. The van der Waals surface area contributed by atoms with Gasteiger partial charge in [-0.25, -0.2) is 9.37 Å². The van der Waals surface area contributed by atoms with Crippen molar-refractivity contribution < 1.29 is 14.0 Å². The Balaban J connectivity index is 1.69. The zero-order valence-electron chi connectivity index (χ0n) is 15.7. The average molecular weight is 405 g/mol. The van der Waals surface area contributed by atoms with Crippen LogP contribution >= 0.6 is 11.3 Å². The molecule has 7 nitrogen and oxygen atoms in total. The van der Waals surface area contributed by atoms with Crippen LogP contribution in [-0.4, -0.2) is 47.4 Å². The monoisotopic (exact) mass is 405 g/mol. The number of thiazole rings is 1. The number of carbonyl (C=O) groups is 2. The molecule has 150 valence electrons. The van der Waals surface area contributed by atoms with Gasteiger partial charge in [0, 0.05) is 17.5 Å². The first-order valence-electron chi connectivity index (χ1n) is 9.15. The Bertz CT molecular complexity index is 843. The van der Waals surface area contributed by atoms with Crippen LogP contribution in [0, 0.1) is 5.82 Å². The molecule has 0 bridgehead atoms. The number of nitrogens with zero attached hydrogens (tertiary/aromatic N) is 2. The van der Waals surface area contributed by atoms with E-state index in [-0.39, 0.29) is 36.6 Å². The topological polar surface area (TPSA) is 100 Å². The number of rotatable bonds is 7. The molecule has 1 unspecified atom stereocenters. The number of likely N-dealkylation sites (tertiary alicyclic amines) is 1. The molecule has 1 aromatic carbocycles. The quantitative estimate of drug-likeness (QED) is 0.645. The third-order valence-electron chi connectivity index (χ3n) is 4.79. The van der Waals surface area contributed by atoms with Gasteiger partial charge >= 0.3 is 0 Å². The molecule has 2 amide bonds. The van der Waals surface area contributed by atoms with Crippen molar-refractivity contribution in [2.75, 3.05) is 19.3 Å². The Morgan fingerprint density at radius 1 is 1.46 bits per heavy atom. The lowest BCUT2D eigenvalue weighted by molar-refractivity contribution is -0.131. The standard InChI is InChI=1S/C19H24FN5O2S/c1-25-7-3-6-16(25)18(27)24-15(9-12-4-2-5-13(20)8-12)17(26)22-10-14-11-23-19(21)28-14/h2,4-5,8,11,15-16H,3,6-7,9-10H2,1H3,(H2,21,23)(H,22,26)(H,24,27)/t15-,16?/m0/s1. The second-order valence-electron chi connectivity index (χ2n) is 6.92. The molecular formula is C19H24FN5O2S. The van der Waals surface area contributed by atoms with Gasteiger partial charge in [-0.3, -0.25) is 14.5 Å². The minimum atomic E-state index is -0.798. The van der Waals surface area contributed by atoms with E-state index in [0.717, 1.165) is 24.3 Å². The van der Waals surface area contributed by atoms with Gasteiger partial charge in [0.25, 0.3) is 0 Å². The van der Waals surface area contributed by atoms with Gasteiger partial charge in [-0.15, -0.1) is 11.3 Å². The van der Waals surface area contributed by atoms with Crippen LogP contribution in [0.5, 0.6) is 0 Å². The fourth-order valence-electron chi connectivity index (χ4n) is 3.32. The van der Waals surface area contributed by atoms with Crippen LogP contribution in [0.2, 0.25) is 0 Å². The summed E-state index contributed by atoms with van der Waals surface area (Å²) in [6, 6.07) is 5.00. The minimum absolute atomic E-state index is 0.182. The smallest absolute Gasteiger partial charge is 0.243 e. The van der Waals surface area contributed by atoms with Crippen molar-refractivity contribution in [2.24, 2.45) is 0 Å². The predicted octanol–water partition coefficient (Wildman–Crippen LogP) is 1.30. The van der Waals surface area contributed by atoms with Gasteiger partial charge in [0.1, 0.15) is 11.9 Å². The Labute approximate surface area is 167 Å². The SMILES string of the molecule is CN1CCCC1C(=O)N[C@@H](Cc1cccc(F)c1)C(=O)NCc1cnc(N)s1. The zero-order chi connectivity index (χ0) is 20.1. The average Bonchev–Trinajstić information content (AvgIpc) is 3.27. The molecule has 1 aromatic heterocycles. The number of aromatic nitrogens is 1. The van der Waals surface area contributed by atoms with Gasteiger partial charge in [0.05, 0.1) is 12.6 Å². The van der Waals surface area contributed by atoms with E-state index in [2.05, 4.69) is 15.6 Å². The molecular weight excluding hydrogens is 381 g/mol. The molecule has 2 heterocycles.